The molecule has 2 atom stereocenters. The molecule has 0 aromatic heterocycles. The van der Waals surface area contributed by atoms with Crippen molar-refractivity contribution in [1.82, 2.24) is 5.32 Å². The number of nitrogens with two attached hydrogens (primary N) is 1. The first-order valence-corrected chi connectivity index (χ1v) is 6.54. The molecule has 5 heteroatoms. The Kier molecular flexibility index (Phi) is 4.63. The third kappa shape index (κ3) is 3.86. The molecule has 0 radical (unpaired) electrons. The lowest BCUT2D eigenvalue weighted by Gasteiger charge is -2.26. The van der Waals surface area contributed by atoms with E-state index < -0.39 is 0 Å². The fraction of sp³-hybridized carbons (Fsp3) is 0.500. The van der Waals surface area contributed by atoms with Crippen LogP contribution >= 0.6 is 0 Å². The molecule has 1 aliphatic rings. The van der Waals surface area contributed by atoms with E-state index in [0.29, 0.717) is 26.1 Å². The minimum atomic E-state index is -0.146. The minimum absolute atomic E-state index is 0.000378. The average molecular weight is 264 g/mol. The normalized spacial score (nSPS) is 18.7. The lowest BCUT2D eigenvalue weighted by atomic mass is 10.1. The van der Waals surface area contributed by atoms with Crippen molar-refractivity contribution in [2.45, 2.75) is 19.4 Å². The van der Waals surface area contributed by atoms with Crippen LogP contribution in [0.15, 0.2) is 24.3 Å². The molecule has 1 aromatic carbocycles. The van der Waals surface area contributed by atoms with E-state index in [9.17, 15) is 4.79 Å². The van der Waals surface area contributed by atoms with Gasteiger partial charge in [0, 0.05) is 6.42 Å². The SMILES string of the molecule is CC(CN)CC(=O)NCC1COc2ccccc2O1. The first kappa shape index (κ1) is 13.7. The van der Waals surface area contributed by atoms with Crippen molar-refractivity contribution in [3.05, 3.63) is 24.3 Å². The van der Waals surface area contributed by atoms with Crippen molar-refractivity contribution in [2.75, 3.05) is 19.7 Å². The van der Waals surface area contributed by atoms with Crippen molar-refractivity contribution in [3.8, 4) is 11.5 Å². The van der Waals surface area contributed by atoms with Gasteiger partial charge in [-0.3, -0.25) is 4.79 Å². The summed E-state index contributed by atoms with van der Waals surface area (Å²) in [7, 11) is 0. The highest BCUT2D eigenvalue weighted by Crippen LogP contribution is 2.30. The van der Waals surface area contributed by atoms with Crippen LogP contribution in [-0.4, -0.2) is 31.7 Å². The number of nitrogens with one attached hydrogen (secondary N) is 1. The van der Waals surface area contributed by atoms with Crippen LogP contribution in [0.1, 0.15) is 13.3 Å². The minimum Gasteiger partial charge on any atom is -0.486 e. The quantitative estimate of drug-likeness (QED) is 0.829. The number of para-hydroxylation sites is 2. The van der Waals surface area contributed by atoms with Gasteiger partial charge >= 0.3 is 0 Å². The Bertz CT molecular complexity index is 436. The van der Waals surface area contributed by atoms with Crippen molar-refractivity contribution in [2.24, 2.45) is 11.7 Å². The van der Waals surface area contributed by atoms with Gasteiger partial charge in [-0.05, 0) is 24.6 Å². The molecule has 19 heavy (non-hydrogen) atoms. The fourth-order valence-electron chi connectivity index (χ4n) is 1.86. The van der Waals surface area contributed by atoms with E-state index in [1.807, 2.05) is 31.2 Å². The van der Waals surface area contributed by atoms with Gasteiger partial charge < -0.3 is 20.5 Å². The zero-order valence-corrected chi connectivity index (χ0v) is 11.1. The number of hydrogen-bond acceptors (Lipinski definition) is 4. The van der Waals surface area contributed by atoms with E-state index in [-0.39, 0.29) is 17.9 Å². The van der Waals surface area contributed by atoms with Crippen LogP contribution < -0.4 is 20.5 Å². The Morgan fingerprint density at radius 1 is 1.47 bits per heavy atom. The zero-order chi connectivity index (χ0) is 13.7. The van der Waals surface area contributed by atoms with Gasteiger partial charge in [0.15, 0.2) is 11.5 Å². The van der Waals surface area contributed by atoms with Crippen LogP contribution in [0.25, 0.3) is 0 Å². The van der Waals surface area contributed by atoms with E-state index in [0.717, 1.165) is 11.5 Å². The van der Waals surface area contributed by atoms with E-state index in [1.165, 1.54) is 0 Å². The summed E-state index contributed by atoms with van der Waals surface area (Å²) in [5.41, 5.74) is 5.49. The van der Waals surface area contributed by atoms with Crippen LogP contribution in [0.4, 0.5) is 0 Å². The molecule has 0 saturated heterocycles. The Morgan fingerprint density at radius 2 is 2.21 bits per heavy atom. The monoisotopic (exact) mass is 264 g/mol. The number of carbonyl (C=O) groups is 1. The molecular formula is C14H20N2O3. The predicted octanol–water partition coefficient (Wildman–Crippen LogP) is 0.928. The lowest BCUT2D eigenvalue weighted by Crippen LogP contribution is -2.41. The molecule has 0 aliphatic carbocycles. The standard InChI is InChI=1S/C14H20N2O3/c1-10(7-15)6-14(17)16-8-11-9-18-12-4-2-3-5-13(12)19-11/h2-5,10-11H,6-9,15H2,1H3,(H,16,17). The first-order valence-electron chi connectivity index (χ1n) is 6.54. The van der Waals surface area contributed by atoms with Gasteiger partial charge in [0.2, 0.25) is 5.91 Å². The Balaban J connectivity index is 1.78. The molecule has 1 aliphatic heterocycles. The zero-order valence-electron chi connectivity index (χ0n) is 11.1. The number of benzene rings is 1. The topological polar surface area (TPSA) is 73.6 Å². The molecule has 1 heterocycles. The summed E-state index contributed by atoms with van der Waals surface area (Å²) in [5, 5.41) is 2.85. The highest BCUT2D eigenvalue weighted by molar-refractivity contribution is 5.76. The van der Waals surface area contributed by atoms with Crippen LogP contribution in [0.3, 0.4) is 0 Å². The number of amides is 1. The summed E-state index contributed by atoms with van der Waals surface area (Å²) < 4.78 is 11.3. The third-order valence-corrected chi connectivity index (χ3v) is 3.03. The van der Waals surface area contributed by atoms with Gasteiger partial charge in [-0.15, -0.1) is 0 Å². The molecule has 2 unspecified atom stereocenters. The molecule has 0 fully saturated rings. The number of fused-ring (bicyclic) bond motifs is 1. The van der Waals surface area contributed by atoms with Gasteiger partial charge in [-0.1, -0.05) is 19.1 Å². The molecular weight excluding hydrogens is 244 g/mol. The van der Waals surface area contributed by atoms with E-state index in [4.69, 9.17) is 15.2 Å². The van der Waals surface area contributed by atoms with Gasteiger partial charge in [0.25, 0.3) is 0 Å². The molecule has 104 valence electrons. The number of ether oxygens (including phenoxy) is 2. The molecule has 1 amide bonds. The molecule has 0 spiro atoms. The second kappa shape index (κ2) is 6.43. The lowest BCUT2D eigenvalue weighted by molar-refractivity contribution is -0.122. The van der Waals surface area contributed by atoms with Crippen molar-refractivity contribution in [1.29, 1.82) is 0 Å². The van der Waals surface area contributed by atoms with E-state index >= 15 is 0 Å². The van der Waals surface area contributed by atoms with Gasteiger partial charge in [-0.2, -0.15) is 0 Å². The summed E-state index contributed by atoms with van der Waals surface area (Å²) in [6.07, 6.45) is 0.299. The van der Waals surface area contributed by atoms with Crippen molar-refractivity contribution < 1.29 is 14.3 Å². The van der Waals surface area contributed by atoms with Gasteiger partial charge in [0.1, 0.15) is 12.7 Å². The van der Waals surface area contributed by atoms with Gasteiger partial charge in [0.05, 0.1) is 6.54 Å². The summed E-state index contributed by atoms with van der Waals surface area (Å²) in [4.78, 5) is 11.6. The Morgan fingerprint density at radius 3 is 2.95 bits per heavy atom. The average Bonchev–Trinajstić information content (AvgIpc) is 2.44. The molecule has 0 saturated carbocycles. The van der Waals surface area contributed by atoms with Crippen LogP contribution in [0.5, 0.6) is 11.5 Å². The maximum atomic E-state index is 11.6. The summed E-state index contributed by atoms with van der Waals surface area (Å²) >= 11 is 0. The highest BCUT2D eigenvalue weighted by atomic mass is 16.6. The predicted molar refractivity (Wildman–Crippen MR) is 72.2 cm³/mol. The van der Waals surface area contributed by atoms with Crippen LogP contribution in [0.2, 0.25) is 0 Å². The largest absolute Gasteiger partial charge is 0.486 e. The van der Waals surface area contributed by atoms with Crippen molar-refractivity contribution >= 4 is 5.91 Å². The molecule has 5 nitrogen and oxygen atoms in total. The summed E-state index contributed by atoms with van der Waals surface area (Å²) in [6, 6.07) is 7.53. The number of carbonyl (C=O) groups excluding carboxylic acids is 1. The van der Waals surface area contributed by atoms with Gasteiger partial charge in [-0.25, -0.2) is 0 Å². The summed E-state index contributed by atoms with van der Waals surface area (Å²) in [5.74, 6) is 1.68. The van der Waals surface area contributed by atoms with E-state index in [2.05, 4.69) is 5.32 Å². The van der Waals surface area contributed by atoms with Crippen LogP contribution in [0, 0.1) is 5.92 Å². The number of rotatable bonds is 5. The molecule has 2 rings (SSSR count). The Hall–Kier alpha value is -1.75. The van der Waals surface area contributed by atoms with Crippen molar-refractivity contribution in [3.63, 3.8) is 0 Å². The second-order valence-electron chi connectivity index (χ2n) is 4.85. The maximum Gasteiger partial charge on any atom is 0.220 e. The maximum absolute atomic E-state index is 11.6. The molecule has 0 bridgehead atoms. The third-order valence-electron chi connectivity index (χ3n) is 3.03. The highest BCUT2D eigenvalue weighted by Gasteiger charge is 2.21. The second-order valence-corrected chi connectivity index (χ2v) is 4.85. The van der Waals surface area contributed by atoms with Crippen LogP contribution in [-0.2, 0) is 4.79 Å². The Labute approximate surface area is 113 Å². The number of hydrogen-bond donors (Lipinski definition) is 2. The smallest absolute Gasteiger partial charge is 0.220 e. The fourth-order valence-corrected chi connectivity index (χ4v) is 1.86. The van der Waals surface area contributed by atoms with E-state index in [1.54, 1.807) is 0 Å². The molecule has 3 N–H and O–H groups in total. The summed E-state index contributed by atoms with van der Waals surface area (Å²) in [6.45, 7) is 3.37. The first-order chi connectivity index (χ1) is 9.19. The molecule has 1 aromatic rings.